The molecule has 1 aromatic carbocycles. The SMILES string of the molecule is O=C1CCCc2nc(Nc3cccc(-c4nnn[nH]4)c3)ncc21. The van der Waals surface area contributed by atoms with E-state index in [4.69, 9.17) is 0 Å². The van der Waals surface area contributed by atoms with Crippen LogP contribution in [0.25, 0.3) is 11.4 Å². The monoisotopic (exact) mass is 307 g/mol. The Labute approximate surface area is 131 Å². The second-order valence-corrected chi connectivity index (χ2v) is 5.29. The highest BCUT2D eigenvalue weighted by molar-refractivity contribution is 5.97. The molecule has 1 aliphatic carbocycles. The van der Waals surface area contributed by atoms with Gasteiger partial charge in [-0.3, -0.25) is 4.79 Å². The number of aromatic nitrogens is 6. The summed E-state index contributed by atoms with van der Waals surface area (Å²) in [6.07, 6.45) is 3.84. The van der Waals surface area contributed by atoms with Crippen LogP contribution in [0.4, 0.5) is 11.6 Å². The standard InChI is InChI=1S/C15H13N7O/c23-13-6-2-5-12-11(13)8-16-15(18-12)17-10-4-1-3-9(7-10)14-19-21-22-20-14/h1,3-4,7-8H,2,5-6H2,(H,16,17,18)(H,19,20,21,22). The van der Waals surface area contributed by atoms with Crippen molar-refractivity contribution in [2.24, 2.45) is 0 Å². The first kappa shape index (κ1) is 13.5. The van der Waals surface area contributed by atoms with Gasteiger partial charge in [-0.05, 0) is 35.4 Å². The molecule has 2 N–H and O–H groups in total. The molecule has 2 aromatic heterocycles. The summed E-state index contributed by atoms with van der Waals surface area (Å²) in [6, 6.07) is 7.60. The molecule has 0 atom stereocenters. The van der Waals surface area contributed by atoms with E-state index in [2.05, 4.69) is 35.9 Å². The van der Waals surface area contributed by atoms with Gasteiger partial charge in [0, 0.05) is 23.9 Å². The third kappa shape index (κ3) is 2.66. The molecule has 0 saturated heterocycles. The van der Waals surface area contributed by atoms with Gasteiger partial charge in [0.2, 0.25) is 5.95 Å². The quantitative estimate of drug-likeness (QED) is 0.760. The molecule has 4 rings (SSSR count). The molecule has 0 fully saturated rings. The molecule has 0 unspecified atom stereocenters. The van der Waals surface area contributed by atoms with E-state index in [1.54, 1.807) is 6.20 Å². The molecule has 1 aliphatic rings. The first-order valence-corrected chi connectivity index (χ1v) is 7.30. The van der Waals surface area contributed by atoms with Gasteiger partial charge >= 0.3 is 0 Å². The average Bonchev–Trinajstić information content (AvgIpc) is 3.10. The maximum atomic E-state index is 11.8. The fourth-order valence-corrected chi connectivity index (χ4v) is 2.61. The molecule has 23 heavy (non-hydrogen) atoms. The number of H-pyrrole nitrogens is 1. The minimum Gasteiger partial charge on any atom is -0.324 e. The highest BCUT2D eigenvalue weighted by Crippen LogP contribution is 2.23. The first-order chi connectivity index (χ1) is 11.3. The summed E-state index contributed by atoms with van der Waals surface area (Å²) in [7, 11) is 0. The number of carbonyl (C=O) groups is 1. The lowest BCUT2D eigenvalue weighted by Gasteiger charge is -2.14. The Morgan fingerprint density at radius 2 is 2.17 bits per heavy atom. The van der Waals surface area contributed by atoms with Crippen LogP contribution in [-0.2, 0) is 6.42 Å². The van der Waals surface area contributed by atoms with Gasteiger partial charge < -0.3 is 5.32 Å². The van der Waals surface area contributed by atoms with Gasteiger partial charge in [0.05, 0.1) is 11.3 Å². The van der Waals surface area contributed by atoms with Crippen LogP contribution >= 0.6 is 0 Å². The van der Waals surface area contributed by atoms with Gasteiger partial charge in [0.1, 0.15) is 0 Å². The molecular formula is C15H13N7O. The van der Waals surface area contributed by atoms with Gasteiger partial charge in [-0.25, -0.2) is 15.1 Å². The second kappa shape index (κ2) is 5.56. The first-order valence-electron chi connectivity index (χ1n) is 7.30. The number of nitrogens with zero attached hydrogens (tertiary/aromatic N) is 5. The molecule has 8 heteroatoms. The number of rotatable bonds is 3. The Kier molecular flexibility index (Phi) is 3.26. The van der Waals surface area contributed by atoms with Crippen LogP contribution in [0.2, 0.25) is 0 Å². The minimum absolute atomic E-state index is 0.123. The second-order valence-electron chi connectivity index (χ2n) is 5.29. The number of benzene rings is 1. The summed E-state index contributed by atoms with van der Waals surface area (Å²) in [6.45, 7) is 0. The van der Waals surface area contributed by atoms with Crippen molar-refractivity contribution < 1.29 is 4.79 Å². The molecule has 0 spiro atoms. The predicted molar refractivity (Wildman–Crippen MR) is 82.2 cm³/mol. The molecule has 2 heterocycles. The lowest BCUT2D eigenvalue weighted by molar-refractivity contribution is 0.0971. The summed E-state index contributed by atoms with van der Waals surface area (Å²) in [4.78, 5) is 20.5. The fraction of sp³-hybridized carbons (Fsp3) is 0.200. The van der Waals surface area contributed by atoms with Gasteiger partial charge in [0.15, 0.2) is 11.6 Å². The highest BCUT2D eigenvalue weighted by Gasteiger charge is 2.19. The van der Waals surface area contributed by atoms with Crippen molar-refractivity contribution in [3.05, 3.63) is 41.7 Å². The predicted octanol–water partition coefficient (Wildman–Crippen LogP) is 1.92. The maximum Gasteiger partial charge on any atom is 0.227 e. The molecule has 0 radical (unpaired) electrons. The average molecular weight is 307 g/mol. The van der Waals surface area contributed by atoms with E-state index in [-0.39, 0.29) is 5.78 Å². The number of fused-ring (bicyclic) bond motifs is 1. The van der Waals surface area contributed by atoms with Crippen LogP contribution in [0.3, 0.4) is 0 Å². The topological polar surface area (TPSA) is 109 Å². The van der Waals surface area contributed by atoms with Crippen LogP contribution in [0.1, 0.15) is 28.9 Å². The number of carbonyl (C=O) groups excluding carboxylic acids is 1. The van der Waals surface area contributed by atoms with E-state index in [9.17, 15) is 4.79 Å². The third-order valence-corrected chi connectivity index (χ3v) is 3.72. The van der Waals surface area contributed by atoms with Gasteiger partial charge in [-0.15, -0.1) is 5.10 Å². The Balaban J connectivity index is 1.61. The van der Waals surface area contributed by atoms with E-state index in [1.807, 2.05) is 24.3 Å². The summed E-state index contributed by atoms with van der Waals surface area (Å²) in [5.74, 6) is 1.19. The number of hydrogen-bond donors (Lipinski definition) is 2. The van der Waals surface area contributed by atoms with Gasteiger partial charge in [-0.2, -0.15) is 0 Å². The van der Waals surface area contributed by atoms with E-state index in [0.717, 1.165) is 29.8 Å². The zero-order valence-electron chi connectivity index (χ0n) is 12.2. The van der Waals surface area contributed by atoms with E-state index >= 15 is 0 Å². The Morgan fingerprint density at radius 1 is 1.22 bits per heavy atom. The number of ketones is 1. The lowest BCUT2D eigenvalue weighted by Crippen LogP contribution is -2.14. The van der Waals surface area contributed by atoms with Crippen LogP contribution < -0.4 is 5.32 Å². The van der Waals surface area contributed by atoms with Crippen molar-refractivity contribution in [1.82, 2.24) is 30.6 Å². The molecule has 0 aliphatic heterocycles. The molecule has 0 bridgehead atoms. The minimum atomic E-state index is 0.123. The van der Waals surface area contributed by atoms with Crippen molar-refractivity contribution in [1.29, 1.82) is 0 Å². The number of hydrogen-bond acceptors (Lipinski definition) is 7. The molecule has 3 aromatic rings. The largest absolute Gasteiger partial charge is 0.324 e. The van der Waals surface area contributed by atoms with Crippen LogP contribution in [0.15, 0.2) is 30.5 Å². The Morgan fingerprint density at radius 3 is 3.04 bits per heavy atom. The van der Waals surface area contributed by atoms with Crippen molar-refractivity contribution in [3.8, 4) is 11.4 Å². The number of aryl methyl sites for hydroxylation is 1. The number of aromatic amines is 1. The number of nitrogens with one attached hydrogen (secondary N) is 2. The summed E-state index contributed by atoms with van der Waals surface area (Å²) in [5, 5.41) is 16.9. The van der Waals surface area contributed by atoms with E-state index < -0.39 is 0 Å². The smallest absolute Gasteiger partial charge is 0.227 e. The fourth-order valence-electron chi connectivity index (χ4n) is 2.61. The van der Waals surface area contributed by atoms with Crippen molar-refractivity contribution in [2.75, 3.05) is 5.32 Å². The van der Waals surface area contributed by atoms with Gasteiger partial charge in [0.25, 0.3) is 0 Å². The van der Waals surface area contributed by atoms with Crippen molar-refractivity contribution in [2.45, 2.75) is 19.3 Å². The summed E-state index contributed by atoms with van der Waals surface area (Å²) >= 11 is 0. The molecular weight excluding hydrogens is 294 g/mol. The van der Waals surface area contributed by atoms with Gasteiger partial charge in [-0.1, -0.05) is 12.1 Å². The zero-order valence-corrected chi connectivity index (χ0v) is 12.2. The highest BCUT2D eigenvalue weighted by atomic mass is 16.1. The summed E-state index contributed by atoms with van der Waals surface area (Å²) < 4.78 is 0. The number of Topliss-reactive ketones (excluding diaryl/α,β-unsaturated/α-hetero) is 1. The lowest BCUT2D eigenvalue weighted by atomic mass is 9.96. The van der Waals surface area contributed by atoms with E-state index in [0.29, 0.717) is 23.8 Å². The zero-order chi connectivity index (χ0) is 15.6. The van der Waals surface area contributed by atoms with Crippen LogP contribution in [0, 0.1) is 0 Å². The molecule has 8 nitrogen and oxygen atoms in total. The van der Waals surface area contributed by atoms with Crippen molar-refractivity contribution >= 4 is 17.4 Å². The molecule has 114 valence electrons. The molecule has 0 amide bonds. The number of tetrazole rings is 1. The molecule has 0 saturated carbocycles. The number of anilines is 2. The Bertz CT molecular complexity index is 860. The Hall–Kier alpha value is -3.16. The summed E-state index contributed by atoms with van der Waals surface area (Å²) in [5.41, 5.74) is 3.13. The van der Waals surface area contributed by atoms with E-state index in [1.165, 1.54) is 0 Å². The normalized spacial score (nSPS) is 13.7. The third-order valence-electron chi connectivity index (χ3n) is 3.72. The van der Waals surface area contributed by atoms with Crippen LogP contribution in [0.5, 0.6) is 0 Å². The van der Waals surface area contributed by atoms with Crippen LogP contribution in [-0.4, -0.2) is 36.4 Å². The maximum absolute atomic E-state index is 11.8. The van der Waals surface area contributed by atoms with Crippen molar-refractivity contribution in [3.63, 3.8) is 0 Å².